The third-order valence-electron chi connectivity index (χ3n) is 5.28. The molecule has 1 saturated heterocycles. The molecule has 2 N–H and O–H groups in total. The van der Waals surface area contributed by atoms with E-state index in [0.29, 0.717) is 17.3 Å². The van der Waals surface area contributed by atoms with Gasteiger partial charge in [-0.2, -0.15) is 8.78 Å². The fourth-order valence-electron chi connectivity index (χ4n) is 3.79. The Balaban J connectivity index is 1.56. The minimum Gasteiger partial charge on any atom is -0.324 e. The van der Waals surface area contributed by atoms with Crippen LogP contribution in [0, 0.1) is 0 Å². The largest absolute Gasteiger partial charge is 0.325 e. The molecule has 3 aromatic rings. The van der Waals surface area contributed by atoms with E-state index in [1.54, 1.807) is 31.2 Å². The first-order valence-corrected chi connectivity index (χ1v) is 10.6. The molecule has 4 rings (SSSR count). The number of halogens is 2. The van der Waals surface area contributed by atoms with E-state index in [1.165, 1.54) is 12.1 Å². The van der Waals surface area contributed by atoms with Crippen molar-refractivity contribution >= 4 is 46.1 Å². The van der Waals surface area contributed by atoms with Crippen molar-refractivity contribution in [1.82, 2.24) is 10.2 Å². The van der Waals surface area contributed by atoms with Crippen molar-refractivity contribution in [3.63, 3.8) is 0 Å². The van der Waals surface area contributed by atoms with Crippen LogP contribution in [0.3, 0.4) is 0 Å². The second-order valence-corrected chi connectivity index (χ2v) is 8.43. The Kier molecular flexibility index (Phi) is 5.84. The molecule has 1 atom stereocenters. The van der Waals surface area contributed by atoms with Gasteiger partial charge in [-0.05, 0) is 35.4 Å². The number of carbonyl (C=O) groups excluding carboxylic acids is 3. The molecule has 164 valence electrons. The summed E-state index contributed by atoms with van der Waals surface area (Å²) in [5.74, 6) is -3.89. The first-order valence-electron chi connectivity index (χ1n) is 9.75. The second kappa shape index (κ2) is 8.58. The van der Waals surface area contributed by atoms with E-state index in [4.69, 9.17) is 0 Å². The number of urea groups is 1. The highest BCUT2D eigenvalue weighted by Gasteiger charge is 2.50. The van der Waals surface area contributed by atoms with Crippen molar-refractivity contribution in [2.45, 2.75) is 23.1 Å². The monoisotopic (exact) mass is 455 g/mol. The van der Waals surface area contributed by atoms with E-state index in [9.17, 15) is 23.2 Å². The summed E-state index contributed by atoms with van der Waals surface area (Å²) < 4.78 is 25.5. The zero-order valence-corrected chi connectivity index (χ0v) is 17.8. The molecule has 0 radical (unpaired) electrons. The lowest BCUT2D eigenvalue weighted by Crippen LogP contribution is -2.42. The van der Waals surface area contributed by atoms with E-state index >= 15 is 0 Å². The van der Waals surface area contributed by atoms with Crippen LogP contribution in [0.4, 0.5) is 19.3 Å². The number of fused-ring (bicyclic) bond motifs is 1. The Morgan fingerprint density at radius 2 is 1.75 bits per heavy atom. The van der Waals surface area contributed by atoms with Gasteiger partial charge in [-0.1, -0.05) is 66.4 Å². The summed E-state index contributed by atoms with van der Waals surface area (Å²) in [6.07, 6.45) is 0. The van der Waals surface area contributed by atoms with Crippen LogP contribution in [-0.2, 0) is 15.1 Å². The standard InChI is InChI=1S/C23H19F2N3O3S/c1-23(16-10-6-8-14-7-2-3-9-15(14)16)20(30)28(22(31)27-23)13-19(29)26-17-11-4-5-12-18(17)32-21(24)25/h2-12,21H,13H2,1H3,(H,26,29)(H,27,31). The third-order valence-corrected chi connectivity index (χ3v) is 6.07. The summed E-state index contributed by atoms with van der Waals surface area (Å²) in [5.41, 5.74) is -0.538. The van der Waals surface area contributed by atoms with Gasteiger partial charge in [-0.15, -0.1) is 0 Å². The predicted molar refractivity (Wildman–Crippen MR) is 118 cm³/mol. The molecule has 1 aliphatic heterocycles. The number of amides is 4. The molecule has 0 saturated carbocycles. The number of hydrogen-bond donors (Lipinski definition) is 2. The number of anilines is 1. The van der Waals surface area contributed by atoms with Crippen molar-refractivity contribution in [2.75, 3.05) is 11.9 Å². The van der Waals surface area contributed by atoms with Crippen LogP contribution < -0.4 is 10.6 Å². The minimum absolute atomic E-state index is 0.187. The fourth-order valence-corrected chi connectivity index (χ4v) is 4.38. The van der Waals surface area contributed by atoms with Crippen LogP contribution in [0.2, 0.25) is 0 Å². The van der Waals surface area contributed by atoms with Crippen LogP contribution in [0.15, 0.2) is 71.6 Å². The van der Waals surface area contributed by atoms with E-state index in [0.717, 1.165) is 15.7 Å². The van der Waals surface area contributed by atoms with Gasteiger partial charge in [0.15, 0.2) is 0 Å². The molecule has 0 bridgehead atoms. The van der Waals surface area contributed by atoms with E-state index in [-0.39, 0.29) is 10.6 Å². The van der Waals surface area contributed by atoms with Gasteiger partial charge in [0.2, 0.25) is 5.91 Å². The summed E-state index contributed by atoms with van der Waals surface area (Å²) in [6, 6.07) is 18.4. The number of benzene rings is 3. The van der Waals surface area contributed by atoms with Crippen LogP contribution in [0.25, 0.3) is 10.8 Å². The minimum atomic E-state index is -2.65. The SMILES string of the molecule is CC1(c2cccc3ccccc23)NC(=O)N(CC(=O)Nc2ccccc2SC(F)F)C1=O. The topological polar surface area (TPSA) is 78.5 Å². The molecule has 32 heavy (non-hydrogen) atoms. The second-order valence-electron chi connectivity index (χ2n) is 7.40. The Labute approximate surface area is 187 Å². The molecular weight excluding hydrogens is 436 g/mol. The summed E-state index contributed by atoms with van der Waals surface area (Å²) in [5, 5.41) is 6.94. The Bertz CT molecular complexity index is 1210. The van der Waals surface area contributed by atoms with Gasteiger partial charge in [0.1, 0.15) is 12.1 Å². The quantitative estimate of drug-likeness (QED) is 0.422. The molecule has 0 spiro atoms. The van der Waals surface area contributed by atoms with Crippen molar-refractivity contribution in [1.29, 1.82) is 0 Å². The zero-order valence-electron chi connectivity index (χ0n) is 17.0. The molecule has 9 heteroatoms. The van der Waals surface area contributed by atoms with Gasteiger partial charge < -0.3 is 10.6 Å². The Morgan fingerprint density at radius 1 is 1.06 bits per heavy atom. The normalized spacial score (nSPS) is 18.3. The van der Waals surface area contributed by atoms with Gasteiger partial charge in [-0.3, -0.25) is 14.5 Å². The van der Waals surface area contributed by atoms with Crippen molar-refractivity contribution in [3.8, 4) is 0 Å². The fraction of sp³-hybridized carbons (Fsp3) is 0.174. The van der Waals surface area contributed by atoms with Gasteiger partial charge >= 0.3 is 6.03 Å². The third kappa shape index (κ3) is 4.03. The molecule has 6 nitrogen and oxygen atoms in total. The highest BCUT2D eigenvalue weighted by atomic mass is 32.2. The molecule has 3 aromatic carbocycles. The molecule has 0 aromatic heterocycles. The number of rotatable bonds is 6. The number of imide groups is 1. The van der Waals surface area contributed by atoms with Crippen molar-refractivity contribution < 1.29 is 23.2 Å². The van der Waals surface area contributed by atoms with E-state index in [2.05, 4.69) is 10.6 Å². The van der Waals surface area contributed by atoms with Crippen LogP contribution in [-0.4, -0.2) is 35.0 Å². The average molecular weight is 455 g/mol. The number of nitrogens with one attached hydrogen (secondary N) is 2. The number of carbonyl (C=O) groups is 3. The van der Waals surface area contributed by atoms with Gasteiger partial charge in [-0.25, -0.2) is 4.79 Å². The van der Waals surface area contributed by atoms with Crippen LogP contribution in [0.1, 0.15) is 12.5 Å². The highest BCUT2D eigenvalue weighted by Crippen LogP contribution is 2.34. The summed E-state index contributed by atoms with van der Waals surface area (Å²) in [6.45, 7) is 1.06. The number of nitrogens with zero attached hydrogens (tertiary/aromatic N) is 1. The summed E-state index contributed by atoms with van der Waals surface area (Å²) in [7, 11) is 0. The molecule has 1 heterocycles. The highest BCUT2D eigenvalue weighted by molar-refractivity contribution is 7.99. The lowest BCUT2D eigenvalue weighted by molar-refractivity contribution is -0.133. The first-order chi connectivity index (χ1) is 15.3. The Hall–Kier alpha value is -3.46. The van der Waals surface area contributed by atoms with Crippen molar-refractivity contribution in [2.24, 2.45) is 0 Å². The lowest BCUT2D eigenvalue weighted by Gasteiger charge is -2.24. The maximum Gasteiger partial charge on any atom is 0.325 e. The smallest absolute Gasteiger partial charge is 0.324 e. The van der Waals surface area contributed by atoms with E-state index in [1.807, 2.05) is 30.3 Å². The Morgan fingerprint density at radius 3 is 2.53 bits per heavy atom. The van der Waals surface area contributed by atoms with Crippen LogP contribution >= 0.6 is 11.8 Å². The number of para-hydroxylation sites is 1. The molecule has 1 fully saturated rings. The molecule has 1 aliphatic rings. The lowest BCUT2D eigenvalue weighted by atomic mass is 9.88. The van der Waals surface area contributed by atoms with Gasteiger partial charge in [0.25, 0.3) is 11.7 Å². The molecule has 4 amide bonds. The van der Waals surface area contributed by atoms with Gasteiger partial charge in [0.05, 0.1) is 5.69 Å². The summed E-state index contributed by atoms with van der Waals surface area (Å²) >= 11 is 0.301. The average Bonchev–Trinajstić information content (AvgIpc) is 2.98. The molecule has 1 unspecified atom stereocenters. The van der Waals surface area contributed by atoms with Crippen molar-refractivity contribution in [3.05, 3.63) is 72.3 Å². The maximum atomic E-state index is 13.2. The number of thioether (sulfide) groups is 1. The summed E-state index contributed by atoms with van der Waals surface area (Å²) in [4.78, 5) is 39.5. The molecular formula is C23H19F2N3O3S. The van der Waals surface area contributed by atoms with Crippen LogP contribution in [0.5, 0.6) is 0 Å². The van der Waals surface area contributed by atoms with Gasteiger partial charge in [0, 0.05) is 4.90 Å². The predicted octanol–water partition coefficient (Wildman–Crippen LogP) is 4.56. The van der Waals surface area contributed by atoms with E-state index < -0.39 is 35.7 Å². The maximum absolute atomic E-state index is 13.2. The first kappa shape index (κ1) is 21.8. The molecule has 0 aliphatic carbocycles. The number of alkyl halides is 2. The number of hydrogen-bond acceptors (Lipinski definition) is 4. The zero-order chi connectivity index (χ0) is 22.9.